The Labute approximate surface area is 117 Å². The molecule has 0 fully saturated rings. The van der Waals surface area contributed by atoms with Crippen LogP contribution in [-0.4, -0.2) is 15.8 Å². The molecule has 0 unspecified atom stereocenters. The monoisotopic (exact) mass is 262 g/mol. The number of aromatic nitrogens is 2. The van der Waals surface area contributed by atoms with Gasteiger partial charge in [0.05, 0.1) is 5.52 Å². The van der Waals surface area contributed by atoms with Crippen LogP contribution in [0.3, 0.4) is 0 Å². The molecule has 0 radical (unpaired) electrons. The maximum Gasteiger partial charge on any atom is 0.200 e. The van der Waals surface area contributed by atoms with Crippen molar-refractivity contribution in [1.82, 2.24) is 9.97 Å². The van der Waals surface area contributed by atoms with Crippen LogP contribution in [0, 0.1) is 0 Å². The smallest absolute Gasteiger partial charge is 0.200 e. The molecule has 0 aliphatic carbocycles. The number of rotatable bonds is 4. The summed E-state index contributed by atoms with van der Waals surface area (Å²) in [4.78, 5) is 20.6. The van der Waals surface area contributed by atoms with Crippen molar-refractivity contribution in [3.63, 3.8) is 0 Å². The molecule has 0 saturated carbocycles. The third kappa shape index (κ3) is 2.72. The van der Waals surface area contributed by atoms with Gasteiger partial charge in [0.2, 0.25) is 0 Å². The average molecular weight is 262 g/mol. The van der Waals surface area contributed by atoms with Gasteiger partial charge in [-0.3, -0.25) is 4.79 Å². The minimum atomic E-state index is -0.0143. The van der Waals surface area contributed by atoms with Gasteiger partial charge in [-0.2, -0.15) is 0 Å². The van der Waals surface area contributed by atoms with Gasteiger partial charge in [-0.1, -0.05) is 48.5 Å². The Morgan fingerprint density at radius 2 is 1.70 bits per heavy atom. The van der Waals surface area contributed by atoms with Gasteiger partial charge in [0.1, 0.15) is 0 Å². The number of hydrogen-bond acceptors (Lipinski definition) is 3. The quantitative estimate of drug-likeness (QED) is 0.676. The first-order chi connectivity index (χ1) is 9.83. The summed E-state index contributed by atoms with van der Waals surface area (Å²) in [6.07, 6.45) is 2.86. The van der Waals surface area contributed by atoms with Crippen LogP contribution < -0.4 is 0 Å². The van der Waals surface area contributed by atoms with Crippen LogP contribution in [0.1, 0.15) is 22.6 Å². The molecule has 3 heteroatoms. The summed E-state index contributed by atoms with van der Waals surface area (Å²) >= 11 is 0. The van der Waals surface area contributed by atoms with Crippen molar-refractivity contribution in [3.05, 3.63) is 72.2 Å². The molecule has 20 heavy (non-hydrogen) atoms. The first-order valence-corrected chi connectivity index (χ1v) is 6.62. The van der Waals surface area contributed by atoms with Crippen LogP contribution in [0.5, 0.6) is 0 Å². The molecular weight excluding hydrogens is 248 g/mol. The zero-order chi connectivity index (χ0) is 13.8. The van der Waals surface area contributed by atoms with E-state index in [-0.39, 0.29) is 5.78 Å². The Hall–Kier alpha value is -2.55. The Bertz CT molecular complexity index is 738. The number of fused-ring (bicyclic) bond motifs is 1. The summed E-state index contributed by atoms with van der Waals surface area (Å²) in [6.45, 7) is 0. The number of benzene rings is 2. The number of aryl methyl sites for hydroxylation is 1. The Morgan fingerprint density at radius 3 is 2.55 bits per heavy atom. The van der Waals surface area contributed by atoms with Crippen LogP contribution in [0.4, 0.5) is 0 Å². The van der Waals surface area contributed by atoms with E-state index in [9.17, 15) is 4.79 Å². The van der Waals surface area contributed by atoms with Crippen molar-refractivity contribution in [3.8, 4) is 0 Å². The molecule has 0 bridgehead atoms. The minimum Gasteiger partial charge on any atom is -0.291 e. The number of Topliss-reactive ketones (excluding diaryl/α,β-unsaturated/α-hetero) is 1. The maximum absolute atomic E-state index is 12.1. The highest BCUT2D eigenvalue weighted by Gasteiger charge is 2.10. The molecule has 0 N–H and O–H groups in total. The van der Waals surface area contributed by atoms with Crippen molar-refractivity contribution in [2.24, 2.45) is 0 Å². The summed E-state index contributed by atoms with van der Waals surface area (Å²) < 4.78 is 0. The average Bonchev–Trinajstić information content (AvgIpc) is 2.53. The lowest BCUT2D eigenvalue weighted by Gasteiger charge is -2.02. The van der Waals surface area contributed by atoms with E-state index in [0.717, 1.165) is 22.9 Å². The minimum absolute atomic E-state index is 0.0143. The molecule has 0 spiro atoms. The van der Waals surface area contributed by atoms with Gasteiger partial charge in [-0.25, -0.2) is 9.97 Å². The second-order valence-electron chi connectivity index (χ2n) is 4.66. The predicted octanol–water partition coefficient (Wildman–Crippen LogP) is 3.45. The highest BCUT2D eigenvalue weighted by molar-refractivity contribution is 5.94. The van der Waals surface area contributed by atoms with Gasteiger partial charge in [-0.05, 0) is 18.1 Å². The van der Waals surface area contributed by atoms with Crippen molar-refractivity contribution in [2.45, 2.75) is 12.8 Å². The lowest BCUT2D eigenvalue weighted by Crippen LogP contribution is -2.06. The van der Waals surface area contributed by atoms with Gasteiger partial charge in [0.15, 0.2) is 11.6 Å². The number of ketones is 1. The van der Waals surface area contributed by atoms with E-state index in [1.807, 2.05) is 54.6 Å². The topological polar surface area (TPSA) is 42.9 Å². The zero-order valence-electron chi connectivity index (χ0n) is 11.0. The highest BCUT2D eigenvalue weighted by atomic mass is 16.1. The molecule has 0 amide bonds. The van der Waals surface area contributed by atoms with E-state index in [1.54, 1.807) is 6.20 Å². The van der Waals surface area contributed by atoms with Crippen LogP contribution in [0.15, 0.2) is 60.8 Å². The molecular formula is C17H14N2O. The fourth-order valence-corrected chi connectivity index (χ4v) is 2.12. The van der Waals surface area contributed by atoms with E-state index in [4.69, 9.17) is 0 Å². The fraction of sp³-hybridized carbons (Fsp3) is 0.118. The van der Waals surface area contributed by atoms with Gasteiger partial charge in [-0.15, -0.1) is 0 Å². The zero-order valence-corrected chi connectivity index (χ0v) is 11.0. The van der Waals surface area contributed by atoms with Gasteiger partial charge in [0.25, 0.3) is 0 Å². The number of nitrogens with zero attached hydrogens (tertiary/aromatic N) is 2. The molecule has 3 rings (SSSR count). The third-order valence-corrected chi connectivity index (χ3v) is 3.22. The van der Waals surface area contributed by atoms with Gasteiger partial charge < -0.3 is 0 Å². The SMILES string of the molecule is O=C(CCc1ccccc1)c1ncc2ccccc2n1. The largest absolute Gasteiger partial charge is 0.291 e. The first-order valence-electron chi connectivity index (χ1n) is 6.62. The number of carbonyl (C=O) groups is 1. The van der Waals surface area contributed by atoms with Crippen molar-refractivity contribution >= 4 is 16.7 Å². The summed E-state index contributed by atoms with van der Waals surface area (Å²) in [6, 6.07) is 17.6. The van der Waals surface area contributed by atoms with E-state index < -0.39 is 0 Å². The Kier molecular flexibility index (Phi) is 3.50. The predicted molar refractivity (Wildman–Crippen MR) is 78.6 cm³/mol. The van der Waals surface area contributed by atoms with Crippen LogP contribution >= 0.6 is 0 Å². The van der Waals surface area contributed by atoms with Crippen molar-refractivity contribution in [2.75, 3.05) is 0 Å². The molecule has 3 aromatic rings. The standard InChI is InChI=1S/C17H14N2O/c20-16(11-10-13-6-2-1-3-7-13)17-18-12-14-8-4-5-9-15(14)19-17/h1-9,12H,10-11H2. The summed E-state index contributed by atoms with van der Waals surface area (Å²) in [5.74, 6) is 0.291. The highest BCUT2D eigenvalue weighted by Crippen LogP contribution is 2.11. The number of carbonyl (C=O) groups excluding carboxylic acids is 1. The van der Waals surface area contributed by atoms with Crippen LogP contribution in [0.2, 0.25) is 0 Å². The molecule has 98 valence electrons. The van der Waals surface area contributed by atoms with E-state index in [2.05, 4.69) is 9.97 Å². The Morgan fingerprint density at radius 1 is 0.950 bits per heavy atom. The molecule has 0 aliphatic heterocycles. The third-order valence-electron chi connectivity index (χ3n) is 3.22. The van der Waals surface area contributed by atoms with Crippen molar-refractivity contribution < 1.29 is 4.79 Å². The summed E-state index contributed by atoms with van der Waals surface area (Å²) in [7, 11) is 0. The lowest BCUT2D eigenvalue weighted by atomic mass is 10.1. The number of hydrogen-bond donors (Lipinski definition) is 0. The molecule has 2 aromatic carbocycles. The van der Waals surface area contributed by atoms with Crippen molar-refractivity contribution in [1.29, 1.82) is 0 Å². The molecule has 3 nitrogen and oxygen atoms in total. The normalized spacial score (nSPS) is 10.6. The molecule has 0 atom stereocenters. The first kappa shape index (κ1) is 12.5. The lowest BCUT2D eigenvalue weighted by molar-refractivity contribution is 0.0973. The molecule has 0 aliphatic rings. The fourth-order valence-electron chi connectivity index (χ4n) is 2.12. The second-order valence-corrected chi connectivity index (χ2v) is 4.66. The van der Waals surface area contributed by atoms with Crippen LogP contribution in [-0.2, 0) is 6.42 Å². The van der Waals surface area contributed by atoms with Crippen LogP contribution in [0.25, 0.3) is 10.9 Å². The molecule has 1 heterocycles. The van der Waals surface area contributed by atoms with E-state index in [0.29, 0.717) is 12.2 Å². The Balaban J connectivity index is 1.75. The van der Waals surface area contributed by atoms with E-state index >= 15 is 0 Å². The van der Waals surface area contributed by atoms with Gasteiger partial charge in [0, 0.05) is 18.0 Å². The maximum atomic E-state index is 12.1. The summed E-state index contributed by atoms with van der Waals surface area (Å²) in [5.41, 5.74) is 1.97. The number of para-hydroxylation sites is 1. The second kappa shape index (κ2) is 5.61. The molecule has 0 saturated heterocycles. The van der Waals surface area contributed by atoms with Gasteiger partial charge >= 0.3 is 0 Å². The van der Waals surface area contributed by atoms with E-state index in [1.165, 1.54) is 0 Å². The summed E-state index contributed by atoms with van der Waals surface area (Å²) in [5, 5.41) is 0.951. The molecule has 1 aromatic heterocycles.